The van der Waals surface area contributed by atoms with E-state index >= 15 is 0 Å². The summed E-state index contributed by atoms with van der Waals surface area (Å²) in [6.07, 6.45) is 0. The third-order valence-corrected chi connectivity index (χ3v) is 4.62. The van der Waals surface area contributed by atoms with Crippen molar-refractivity contribution in [3.63, 3.8) is 0 Å². The fraction of sp³-hybridized carbons (Fsp3) is 0.0769. The molecule has 0 aliphatic carbocycles. The maximum absolute atomic E-state index is 6.09. The molecule has 1 aromatic carbocycles. The minimum absolute atomic E-state index is 0.566. The van der Waals surface area contributed by atoms with Crippen LogP contribution in [0.25, 0.3) is 11.5 Å². The Morgan fingerprint density at radius 1 is 1.26 bits per heavy atom. The third-order valence-electron chi connectivity index (χ3n) is 2.43. The van der Waals surface area contributed by atoms with Crippen LogP contribution in [0.2, 0.25) is 5.02 Å². The van der Waals surface area contributed by atoms with Gasteiger partial charge < -0.3 is 4.52 Å². The van der Waals surface area contributed by atoms with Crippen molar-refractivity contribution in [2.24, 2.45) is 0 Å². The molecule has 0 N–H and O–H groups in total. The summed E-state index contributed by atoms with van der Waals surface area (Å²) in [5.41, 5.74) is 0.964. The smallest absolute Gasteiger partial charge is 0.258 e. The number of hydrogen-bond donors (Lipinski definition) is 0. The molecule has 0 atom stereocenters. The molecule has 19 heavy (non-hydrogen) atoms. The van der Waals surface area contributed by atoms with E-state index in [1.807, 2.05) is 41.1 Å². The normalized spacial score (nSPS) is 10.8. The van der Waals surface area contributed by atoms with Crippen LogP contribution in [0.15, 0.2) is 50.5 Å². The molecule has 2 aromatic heterocycles. The molecule has 3 nitrogen and oxygen atoms in total. The van der Waals surface area contributed by atoms with E-state index in [-0.39, 0.29) is 0 Å². The monoisotopic (exact) mass is 308 g/mol. The second kappa shape index (κ2) is 5.77. The molecular weight excluding hydrogens is 300 g/mol. The van der Waals surface area contributed by atoms with Crippen molar-refractivity contribution < 1.29 is 4.52 Å². The van der Waals surface area contributed by atoms with E-state index in [0.717, 1.165) is 15.5 Å². The van der Waals surface area contributed by atoms with Gasteiger partial charge in [0.05, 0.1) is 16.3 Å². The minimum Gasteiger partial charge on any atom is -0.334 e. The fourth-order valence-corrected chi connectivity index (χ4v) is 3.23. The summed E-state index contributed by atoms with van der Waals surface area (Å²) < 4.78 is 5.23. The molecule has 0 saturated carbocycles. The van der Waals surface area contributed by atoms with Gasteiger partial charge in [0.25, 0.3) is 5.89 Å². The van der Waals surface area contributed by atoms with Crippen LogP contribution < -0.4 is 0 Å². The van der Waals surface area contributed by atoms with Gasteiger partial charge in [0.1, 0.15) is 0 Å². The van der Waals surface area contributed by atoms with E-state index in [1.165, 1.54) is 0 Å². The van der Waals surface area contributed by atoms with Crippen LogP contribution in [0.4, 0.5) is 0 Å². The van der Waals surface area contributed by atoms with Gasteiger partial charge in [0.2, 0.25) is 0 Å². The van der Waals surface area contributed by atoms with E-state index in [0.29, 0.717) is 17.5 Å². The Morgan fingerprint density at radius 2 is 2.16 bits per heavy atom. The van der Waals surface area contributed by atoms with Crippen LogP contribution in [0.3, 0.4) is 0 Å². The van der Waals surface area contributed by atoms with Crippen molar-refractivity contribution in [2.45, 2.75) is 10.6 Å². The van der Waals surface area contributed by atoms with E-state index < -0.39 is 0 Å². The van der Waals surface area contributed by atoms with Gasteiger partial charge in [0, 0.05) is 10.3 Å². The van der Waals surface area contributed by atoms with Gasteiger partial charge in [-0.15, -0.1) is 11.8 Å². The SMILES string of the molecule is Clc1ccccc1SCc1noc(-c2ccsc2)n1. The van der Waals surface area contributed by atoms with Crippen molar-refractivity contribution in [2.75, 3.05) is 0 Å². The van der Waals surface area contributed by atoms with Crippen molar-refractivity contribution in [3.8, 4) is 11.5 Å². The van der Waals surface area contributed by atoms with Crippen LogP contribution in [0.1, 0.15) is 5.82 Å². The first kappa shape index (κ1) is 12.7. The van der Waals surface area contributed by atoms with E-state index in [4.69, 9.17) is 16.1 Å². The molecule has 96 valence electrons. The topological polar surface area (TPSA) is 38.9 Å². The zero-order valence-corrected chi connectivity index (χ0v) is 12.1. The van der Waals surface area contributed by atoms with E-state index in [1.54, 1.807) is 23.1 Å². The predicted octanol–water partition coefficient (Wildman–Crippen LogP) is 4.74. The second-order valence-corrected chi connectivity index (χ2v) is 5.95. The molecule has 0 unspecified atom stereocenters. The standard InChI is InChI=1S/C13H9ClN2OS2/c14-10-3-1-2-4-11(10)19-8-12-15-13(17-16-12)9-5-6-18-7-9/h1-7H,8H2. The van der Waals surface area contributed by atoms with Gasteiger partial charge in [0.15, 0.2) is 5.82 Å². The Hall–Kier alpha value is -1.30. The molecule has 0 bridgehead atoms. The molecule has 0 aliphatic heterocycles. The number of nitrogens with zero attached hydrogens (tertiary/aromatic N) is 2. The number of rotatable bonds is 4. The third kappa shape index (κ3) is 3.00. The summed E-state index contributed by atoms with van der Waals surface area (Å²) in [5, 5.41) is 8.68. The molecule has 0 spiro atoms. The Labute approximate surface area is 123 Å². The summed E-state index contributed by atoms with van der Waals surface area (Å²) in [6, 6.07) is 9.68. The van der Waals surface area contributed by atoms with Gasteiger partial charge >= 0.3 is 0 Å². The zero-order valence-electron chi connectivity index (χ0n) is 9.75. The first-order valence-corrected chi connectivity index (χ1v) is 7.86. The maximum Gasteiger partial charge on any atom is 0.258 e. The number of thiophene rings is 1. The number of benzene rings is 1. The fourth-order valence-electron chi connectivity index (χ4n) is 1.52. The molecule has 0 saturated heterocycles. The molecule has 2 heterocycles. The van der Waals surface area contributed by atoms with Crippen molar-refractivity contribution >= 4 is 34.7 Å². The molecule has 0 fully saturated rings. The first-order chi connectivity index (χ1) is 9.33. The van der Waals surface area contributed by atoms with Gasteiger partial charge in [-0.1, -0.05) is 28.9 Å². The largest absolute Gasteiger partial charge is 0.334 e. The van der Waals surface area contributed by atoms with Gasteiger partial charge in [-0.05, 0) is 23.6 Å². The summed E-state index contributed by atoms with van der Waals surface area (Å²) >= 11 is 9.30. The number of thioether (sulfide) groups is 1. The molecule has 0 amide bonds. The van der Waals surface area contributed by atoms with E-state index in [2.05, 4.69) is 10.1 Å². The molecule has 6 heteroatoms. The number of hydrogen-bond acceptors (Lipinski definition) is 5. The predicted molar refractivity (Wildman–Crippen MR) is 78.6 cm³/mol. The lowest BCUT2D eigenvalue weighted by Crippen LogP contribution is -1.84. The van der Waals surface area contributed by atoms with Crippen LogP contribution >= 0.6 is 34.7 Å². The second-order valence-electron chi connectivity index (χ2n) is 3.75. The Bertz CT molecular complexity index is 667. The summed E-state index contributed by atoms with van der Waals surface area (Å²) in [6.45, 7) is 0. The quantitative estimate of drug-likeness (QED) is 0.652. The van der Waals surface area contributed by atoms with Crippen LogP contribution in [0.5, 0.6) is 0 Å². The van der Waals surface area contributed by atoms with Crippen molar-refractivity contribution in [3.05, 3.63) is 51.9 Å². The van der Waals surface area contributed by atoms with Gasteiger partial charge in [-0.2, -0.15) is 16.3 Å². The highest BCUT2D eigenvalue weighted by Crippen LogP contribution is 2.29. The van der Waals surface area contributed by atoms with Crippen LogP contribution in [0, 0.1) is 0 Å². The molecule has 0 radical (unpaired) electrons. The zero-order chi connectivity index (χ0) is 13.1. The lowest BCUT2D eigenvalue weighted by Gasteiger charge is -2.00. The van der Waals surface area contributed by atoms with Gasteiger partial charge in [-0.3, -0.25) is 0 Å². The highest BCUT2D eigenvalue weighted by Gasteiger charge is 2.10. The van der Waals surface area contributed by atoms with Crippen LogP contribution in [-0.2, 0) is 5.75 Å². The average molecular weight is 309 g/mol. The molecular formula is C13H9ClN2OS2. The number of halogens is 1. The van der Waals surface area contributed by atoms with Crippen molar-refractivity contribution in [1.82, 2.24) is 10.1 Å². The summed E-state index contributed by atoms with van der Waals surface area (Å²) in [4.78, 5) is 5.38. The Kier molecular flexibility index (Phi) is 3.87. The lowest BCUT2D eigenvalue weighted by molar-refractivity contribution is 0.425. The van der Waals surface area contributed by atoms with Gasteiger partial charge in [-0.25, -0.2) is 0 Å². The number of aromatic nitrogens is 2. The average Bonchev–Trinajstić information content (AvgIpc) is 3.09. The summed E-state index contributed by atoms with van der Waals surface area (Å²) in [5.74, 6) is 1.87. The first-order valence-electron chi connectivity index (χ1n) is 5.55. The van der Waals surface area contributed by atoms with Crippen molar-refractivity contribution in [1.29, 1.82) is 0 Å². The minimum atomic E-state index is 0.566. The van der Waals surface area contributed by atoms with Crippen LogP contribution in [-0.4, -0.2) is 10.1 Å². The maximum atomic E-state index is 6.09. The lowest BCUT2D eigenvalue weighted by atomic mass is 10.3. The Morgan fingerprint density at radius 3 is 2.95 bits per heavy atom. The highest BCUT2D eigenvalue weighted by molar-refractivity contribution is 7.98. The van der Waals surface area contributed by atoms with E-state index in [9.17, 15) is 0 Å². The highest BCUT2D eigenvalue weighted by atomic mass is 35.5. The summed E-state index contributed by atoms with van der Waals surface area (Å²) in [7, 11) is 0. The Balaban J connectivity index is 1.70. The molecule has 3 aromatic rings. The molecule has 3 rings (SSSR count). The molecule has 0 aliphatic rings.